The predicted molar refractivity (Wildman–Crippen MR) is 58.7 cm³/mol. The first-order chi connectivity index (χ1) is 7.42. The minimum absolute atomic E-state index is 0.115. The van der Waals surface area contributed by atoms with Crippen molar-refractivity contribution in [1.82, 2.24) is 4.90 Å². The van der Waals surface area contributed by atoms with Crippen LogP contribution in [0, 0.1) is 5.92 Å². The summed E-state index contributed by atoms with van der Waals surface area (Å²) in [4.78, 5) is 22.9. The third kappa shape index (κ3) is 4.37. The number of likely N-dealkylation sites (tertiary alicyclic amines) is 1. The summed E-state index contributed by atoms with van der Waals surface area (Å²) in [7, 11) is 0. The third-order valence-corrected chi connectivity index (χ3v) is 2.40. The van der Waals surface area contributed by atoms with Gasteiger partial charge in [-0.1, -0.05) is 0 Å². The Balaban J connectivity index is 2.36. The molecule has 94 valence electrons. The number of aliphatic hydroxyl groups is 1. The van der Waals surface area contributed by atoms with E-state index >= 15 is 0 Å². The Morgan fingerprint density at radius 2 is 2.19 bits per heavy atom. The van der Waals surface area contributed by atoms with E-state index in [1.165, 1.54) is 0 Å². The summed E-state index contributed by atoms with van der Waals surface area (Å²) >= 11 is 0. The largest absolute Gasteiger partial charge is 0.441 e. The molecule has 0 aromatic rings. The molecule has 0 radical (unpaired) electrons. The zero-order valence-electron chi connectivity index (χ0n) is 10.2. The number of carbonyl (C=O) groups is 1. The van der Waals surface area contributed by atoms with Crippen molar-refractivity contribution < 1.29 is 19.7 Å². The highest BCUT2D eigenvalue weighted by Crippen LogP contribution is 2.17. The van der Waals surface area contributed by atoms with Gasteiger partial charge in [0.05, 0.1) is 0 Å². The Labute approximate surface area is 96.3 Å². The van der Waals surface area contributed by atoms with Crippen LogP contribution >= 0.6 is 0 Å². The van der Waals surface area contributed by atoms with E-state index in [0.717, 1.165) is 12.8 Å². The van der Waals surface area contributed by atoms with Gasteiger partial charge in [0.1, 0.15) is 5.60 Å². The van der Waals surface area contributed by atoms with Crippen molar-refractivity contribution in [2.45, 2.75) is 39.2 Å². The van der Waals surface area contributed by atoms with E-state index in [4.69, 9.17) is 14.9 Å². The van der Waals surface area contributed by atoms with Gasteiger partial charge < -0.3 is 10.0 Å². The summed E-state index contributed by atoms with van der Waals surface area (Å²) in [6.45, 7) is 6.77. The van der Waals surface area contributed by atoms with Crippen LogP contribution < -0.4 is 0 Å². The van der Waals surface area contributed by atoms with Gasteiger partial charge in [0, 0.05) is 19.7 Å². The van der Waals surface area contributed by atoms with Crippen LogP contribution in [0.25, 0.3) is 0 Å². The summed E-state index contributed by atoms with van der Waals surface area (Å²) in [5, 5.41) is 9.04. The quantitative estimate of drug-likeness (QED) is 0.578. The van der Waals surface area contributed by atoms with Crippen molar-refractivity contribution in [2.75, 3.05) is 19.7 Å². The van der Waals surface area contributed by atoms with Crippen molar-refractivity contribution in [2.24, 2.45) is 5.92 Å². The molecule has 1 amide bonds. The molecule has 1 aliphatic heterocycles. The molecule has 1 saturated heterocycles. The summed E-state index contributed by atoms with van der Waals surface area (Å²) in [5.74, 6) is 0.163. The van der Waals surface area contributed by atoms with Crippen LogP contribution in [0.1, 0.15) is 33.6 Å². The Morgan fingerprint density at radius 1 is 1.50 bits per heavy atom. The average Bonchev–Trinajstić information content (AvgIpc) is 2.25. The molecule has 1 heterocycles. The summed E-state index contributed by atoms with van der Waals surface area (Å²) in [6, 6.07) is 0. The Bertz CT molecular complexity index is 237. The molecule has 1 rings (SSSR count). The minimum atomic E-state index is -0.498. The number of carbonyl (C=O) groups excluding carboxylic acids is 1. The smallest absolute Gasteiger partial charge is 0.396 e. The third-order valence-electron chi connectivity index (χ3n) is 2.40. The fraction of sp³-hybridized carbons (Fsp3) is 0.909. The fourth-order valence-corrected chi connectivity index (χ4v) is 1.59. The zero-order valence-corrected chi connectivity index (χ0v) is 10.2. The molecule has 0 spiro atoms. The molecule has 1 atom stereocenters. The Hall–Kier alpha value is -0.810. The molecular formula is C11H21NO4. The molecule has 5 heteroatoms. The molecule has 1 aliphatic rings. The maximum Gasteiger partial charge on any atom is 0.441 e. The average molecular weight is 231 g/mol. The number of hydrogen-bond acceptors (Lipinski definition) is 4. The standard InChI is InChI=1S/C11H21NO4/c1-11(2,3)16-15-10(14)12-6-4-5-9(7-12)8-13/h9,13H,4-8H2,1-3H3. The number of rotatable bonds is 2. The molecule has 0 bridgehead atoms. The van der Waals surface area contributed by atoms with Gasteiger partial charge in [0.15, 0.2) is 0 Å². The van der Waals surface area contributed by atoms with E-state index in [0.29, 0.717) is 13.1 Å². The van der Waals surface area contributed by atoms with Crippen molar-refractivity contribution in [3.05, 3.63) is 0 Å². The van der Waals surface area contributed by atoms with Gasteiger partial charge in [-0.3, -0.25) is 4.89 Å². The van der Waals surface area contributed by atoms with E-state index in [1.54, 1.807) is 4.90 Å². The Morgan fingerprint density at radius 3 is 2.75 bits per heavy atom. The fourth-order valence-electron chi connectivity index (χ4n) is 1.59. The van der Waals surface area contributed by atoms with Crippen LogP contribution in [-0.4, -0.2) is 41.4 Å². The highest BCUT2D eigenvalue weighted by Gasteiger charge is 2.26. The minimum Gasteiger partial charge on any atom is -0.396 e. The first-order valence-corrected chi connectivity index (χ1v) is 5.68. The summed E-state index contributed by atoms with van der Waals surface area (Å²) in [5.41, 5.74) is -0.498. The van der Waals surface area contributed by atoms with Gasteiger partial charge in [0.2, 0.25) is 0 Å². The van der Waals surface area contributed by atoms with E-state index in [1.807, 2.05) is 20.8 Å². The van der Waals surface area contributed by atoms with E-state index < -0.39 is 11.7 Å². The molecule has 16 heavy (non-hydrogen) atoms. The van der Waals surface area contributed by atoms with E-state index in [2.05, 4.69) is 0 Å². The van der Waals surface area contributed by atoms with Crippen molar-refractivity contribution >= 4 is 6.09 Å². The van der Waals surface area contributed by atoms with Gasteiger partial charge >= 0.3 is 6.09 Å². The molecule has 0 aliphatic carbocycles. The number of hydrogen-bond donors (Lipinski definition) is 1. The predicted octanol–water partition coefficient (Wildman–Crippen LogP) is 1.56. The first kappa shape index (κ1) is 13.3. The lowest BCUT2D eigenvalue weighted by atomic mass is 10.00. The molecule has 1 unspecified atom stereocenters. The first-order valence-electron chi connectivity index (χ1n) is 5.68. The van der Waals surface area contributed by atoms with Crippen LogP contribution in [0.2, 0.25) is 0 Å². The van der Waals surface area contributed by atoms with Crippen molar-refractivity contribution in [1.29, 1.82) is 0 Å². The topological polar surface area (TPSA) is 59.0 Å². The monoisotopic (exact) mass is 231 g/mol. The molecule has 1 N–H and O–H groups in total. The van der Waals surface area contributed by atoms with Gasteiger partial charge in [-0.2, -0.15) is 4.89 Å². The normalized spacial score (nSPS) is 22.0. The second-order valence-corrected chi connectivity index (χ2v) is 5.18. The van der Waals surface area contributed by atoms with Gasteiger partial charge in [0.25, 0.3) is 0 Å². The molecular weight excluding hydrogens is 210 g/mol. The van der Waals surface area contributed by atoms with Crippen molar-refractivity contribution in [3.8, 4) is 0 Å². The molecule has 1 fully saturated rings. The zero-order chi connectivity index (χ0) is 12.2. The molecule has 0 aromatic heterocycles. The summed E-state index contributed by atoms with van der Waals surface area (Å²) in [6.07, 6.45) is 1.39. The van der Waals surface area contributed by atoms with Crippen LogP contribution in [0.4, 0.5) is 4.79 Å². The summed E-state index contributed by atoms with van der Waals surface area (Å²) < 4.78 is 0. The lowest BCUT2D eigenvalue weighted by molar-refractivity contribution is -0.306. The number of nitrogens with zero attached hydrogens (tertiary/aromatic N) is 1. The number of piperidine rings is 1. The second-order valence-electron chi connectivity index (χ2n) is 5.18. The van der Waals surface area contributed by atoms with Crippen molar-refractivity contribution in [3.63, 3.8) is 0 Å². The maximum absolute atomic E-state index is 11.6. The van der Waals surface area contributed by atoms with Gasteiger partial charge in [-0.15, -0.1) is 0 Å². The highest BCUT2D eigenvalue weighted by atomic mass is 17.2. The van der Waals surface area contributed by atoms with E-state index in [9.17, 15) is 4.79 Å². The Kier molecular flexibility index (Phi) is 4.56. The van der Waals surface area contributed by atoms with Crippen LogP contribution in [-0.2, 0) is 9.78 Å². The van der Waals surface area contributed by atoms with Crippen LogP contribution in [0.15, 0.2) is 0 Å². The SMILES string of the molecule is CC(C)(C)OOC(=O)N1CCCC(CO)C1. The second kappa shape index (κ2) is 5.50. The molecule has 0 aromatic carbocycles. The van der Waals surface area contributed by atoms with Gasteiger partial charge in [-0.05, 0) is 39.5 Å². The molecule has 5 nitrogen and oxygen atoms in total. The van der Waals surface area contributed by atoms with E-state index in [-0.39, 0.29) is 12.5 Å². The maximum atomic E-state index is 11.6. The number of amides is 1. The highest BCUT2D eigenvalue weighted by molar-refractivity contribution is 5.67. The van der Waals surface area contributed by atoms with Crippen LogP contribution in [0.5, 0.6) is 0 Å². The lowest BCUT2D eigenvalue weighted by Gasteiger charge is -2.31. The van der Waals surface area contributed by atoms with Gasteiger partial charge in [-0.25, -0.2) is 4.79 Å². The molecule has 0 saturated carbocycles. The lowest BCUT2D eigenvalue weighted by Crippen LogP contribution is -2.42. The van der Waals surface area contributed by atoms with Crippen LogP contribution in [0.3, 0.4) is 0 Å². The number of aliphatic hydroxyl groups excluding tert-OH is 1.